The minimum Gasteiger partial charge on any atom is -0.477 e. The number of carboxylic acids is 1. The molecule has 0 fully saturated rings. The third-order valence-corrected chi connectivity index (χ3v) is 3.51. The summed E-state index contributed by atoms with van der Waals surface area (Å²) in [6, 6.07) is 7.20. The van der Waals surface area contributed by atoms with Gasteiger partial charge in [-0.25, -0.2) is 9.78 Å². The van der Waals surface area contributed by atoms with Gasteiger partial charge in [0.05, 0.1) is 12.4 Å². The van der Waals surface area contributed by atoms with E-state index in [2.05, 4.69) is 31.2 Å². The molecule has 3 N–H and O–H groups in total. The lowest BCUT2D eigenvalue weighted by atomic mass is 10.1. The second-order valence-corrected chi connectivity index (χ2v) is 5.00. The number of benzene rings is 1. The molecule has 0 spiro atoms. The fourth-order valence-electron chi connectivity index (χ4n) is 1.80. The average molecular weight is 338 g/mol. The quantitative estimate of drug-likeness (QED) is 0.798. The molecule has 104 valence electrons. The Morgan fingerprint density at radius 3 is 2.75 bits per heavy atom. The molecule has 1 aromatic heterocycles. The molecule has 1 atom stereocenters. The van der Waals surface area contributed by atoms with Crippen molar-refractivity contribution in [3.05, 3.63) is 52.0 Å². The van der Waals surface area contributed by atoms with Crippen LogP contribution in [0, 0.1) is 0 Å². The van der Waals surface area contributed by atoms with E-state index >= 15 is 0 Å². The molecule has 1 amide bonds. The number of H-pyrrole nitrogens is 1. The van der Waals surface area contributed by atoms with Gasteiger partial charge in [0.25, 0.3) is 5.91 Å². The van der Waals surface area contributed by atoms with Crippen LogP contribution in [0.3, 0.4) is 0 Å². The van der Waals surface area contributed by atoms with Crippen LogP contribution in [0.4, 0.5) is 0 Å². The first-order valence-corrected chi connectivity index (χ1v) is 6.62. The molecule has 0 aliphatic heterocycles. The minimum absolute atomic E-state index is 0.128. The molecule has 0 radical (unpaired) electrons. The number of aromatic nitrogens is 2. The predicted molar refractivity (Wildman–Crippen MR) is 75.6 cm³/mol. The Morgan fingerprint density at radius 1 is 1.40 bits per heavy atom. The molecule has 1 aromatic carbocycles. The zero-order valence-electron chi connectivity index (χ0n) is 10.6. The van der Waals surface area contributed by atoms with E-state index in [-0.39, 0.29) is 17.4 Å². The third kappa shape index (κ3) is 2.88. The van der Waals surface area contributed by atoms with Gasteiger partial charge in [-0.2, -0.15) is 0 Å². The SMILES string of the molecule is CC(NC(=O)c1nc[nH]c1C(=O)O)c1ccccc1Br. The summed E-state index contributed by atoms with van der Waals surface area (Å²) in [6.07, 6.45) is 1.18. The number of carboxylic acid groups (broad SMARTS) is 1. The average Bonchev–Trinajstić information content (AvgIpc) is 2.88. The first-order chi connectivity index (χ1) is 9.50. The lowest BCUT2D eigenvalue weighted by Crippen LogP contribution is -2.28. The van der Waals surface area contributed by atoms with Gasteiger partial charge in [-0.15, -0.1) is 0 Å². The number of nitrogens with one attached hydrogen (secondary N) is 2. The molecule has 0 aliphatic rings. The largest absolute Gasteiger partial charge is 0.477 e. The molecule has 1 unspecified atom stereocenters. The molecule has 2 aromatic rings. The van der Waals surface area contributed by atoms with Crippen molar-refractivity contribution >= 4 is 27.8 Å². The van der Waals surface area contributed by atoms with Crippen molar-refractivity contribution < 1.29 is 14.7 Å². The molecule has 6 nitrogen and oxygen atoms in total. The molecular formula is C13H12BrN3O3. The van der Waals surface area contributed by atoms with Crippen LogP contribution < -0.4 is 5.32 Å². The monoisotopic (exact) mass is 337 g/mol. The predicted octanol–water partition coefficient (Wildman–Crippen LogP) is 2.36. The van der Waals surface area contributed by atoms with Crippen molar-refractivity contribution in [2.45, 2.75) is 13.0 Å². The number of halogens is 1. The van der Waals surface area contributed by atoms with Crippen molar-refractivity contribution in [3.63, 3.8) is 0 Å². The lowest BCUT2D eigenvalue weighted by Gasteiger charge is -2.15. The van der Waals surface area contributed by atoms with E-state index in [1.54, 1.807) is 0 Å². The minimum atomic E-state index is -1.22. The van der Waals surface area contributed by atoms with E-state index in [4.69, 9.17) is 5.11 Å². The molecular weight excluding hydrogens is 326 g/mol. The number of nitrogens with zero attached hydrogens (tertiary/aromatic N) is 1. The van der Waals surface area contributed by atoms with Crippen molar-refractivity contribution in [2.24, 2.45) is 0 Å². The maximum Gasteiger partial charge on any atom is 0.354 e. The lowest BCUT2D eigenvalue weighted by molar-refractivity contribution is 0.0684. The van der Waals surface area contributed by atoms with Crippen molar-refractivity contribution in [2.75, 3.05) is 0 Å². The summed E-state index contributed by atoms with van der Waals surface area (Å²) in [5.74, 6) is -1.76. The normalized spacial score (nSPS) is 11.9. The van der Waals surface area contributed by atoms with Gasteiger partial charge in [0.2, 0.25) is 0 Å². The molecule has 20 heavy (non-hydrogen) atoms. The Hall–Kier alpha value is -2.15. The van der Waals surface area contributed by atoms with Gasteiger partial charge in [0, 0.05) is 4.47 Å². The van der Waals surface area contributed by atoms with Gasteiger partial charge in [-0.05, 0) is 18.6 Å². The summed E-state index contributed by atoms with van der Waals surface area (Å²) < 4.78 is 0.869. The molecule has 1 heterocycles. The van der Waals surface area contributed by atoms with Crippen molar-refractivity contribution in [3.8, 4) is 0 Å². The van der Waals surface area contributed by atoms with Gasteiger partial charge in [0.1, 0.15) is 0 Å². The Morgan fingerprint density at radius 2 is 2.10 bits per heavy atom. The number of aromatic amines is 1. The third-order valence-electron chi connectivity index (χ3n) is 2.79. The van der Waals surface area contributed by atoms with E-state index < -0.39 is 11.9 Å². The first kappa shape index (κ1) is 14.3. The maximum absolute atomic E-state index is 12.1. The van der Waals surface area contributed by atoms with E-state index in [0.717, 1.165) is 10.0 Å². The highest BCUT2D eigenvalue weighted by atomic mass is 79.9. The summed E-state index contributed by atoms with van der Waals surface area (Å²) in [4.78, 5) is 29.2. The van der Waals surface area contributed by atoms with Crippen LogP contribution >= 0.6 is 15.9 Å². The summed E-state index contributed by atoms with van der Waals surface area (Å²) in [6.45, 7) is 1.81. The zero-order chi connectivity index (χ0) is 14.7. The summed E-state index contributed by atoms with van der Waals surface area (Å²) >= 11 is 3.41. The first-order valence-electron chi connectivity index (χ1n) is 5.82. The topological polar surface area (TPSA) is 95.1 Å². The Balaban J connectivity index is 2.18. The summed E-state index contributed by atoms with van der Waals surface area (Å²) in [7, 11) is 0. The fourth-order valence-corrected chi connectivity index (χ4v) is 2.43. The van der Waals surface area contributed by atoms with Gasteiger partial charge >= 0.3 is 5.97 Å². The van der Waals surface area contributed by atoms with E-state index in [0.29, 0.717) is 0 Å². The molecule has 0 bridgehead atoms. The highest BCUT2D eigenvalue weighted by Crippen LogP contribution is 2.23. The van der Waals surface area contributed by atoms with Gasteiger partial charge in [-0.1, -0.05) is 34.1 Å². The van der Waals surface area contributed by atoms with E-state index in [9.17, 15) is 9.59 Å². The van der Waals surface area contributed by atoms with Gasteiger partial charge in [-0.3, -0.25) is 4.79 Å². The van der Waals surface area contributed by atoms with Crippen molar-refractivity contribution in [1.29, 1.82) is 0 Å². The number of amides is 1. The zero-order valence-corrected chi connectivity index (χ0v) is 12.1. The number of rotatable bonds is 4. The fraction of sp³-hybridized carbons (Fsp3) is 0.154. The van der Waals surface area contributed by atoms with Crippen LogP contribution in [0.15, 0.2) is 35.1 Å². The summed E-state index contributed by atoms with van der Waals surface area (Å²) in [5, 5.41) is 11.7. The van der Waals surface area contributed by atoms with E-state index in [1.165, 1.54) is 6.33 Å². The van der Waals surface area contributed by atoms with E-state index in [1.807, 2.05) is 31.2 Å². The van der Waals surface area contributed by atoms with Crippen LogP contribution in [0.25, 0.3) is 0 Å². The van der Waals surface area contributed by atoms with Gasteiger partial charge < -0.3 is 15.4 Å². The number of hydrogen-bond donors (Lipinski definition) is 3. The second-order valence-electron chi connectivity index (χ2n) is 4.15. The number of carbonyl (C=O) groups excluding carboxylic acids is 1. The maximum atomic E-state index is 12.1. The molecule has 0 saturated carbocycles. The molecule has 0 saturated heterocycles. The number of aromatic carboxylic acids is 1. The van der Waals surface area contributed by atoms with Crippen LogP contribution in [0.2, 0.25) is 0 Å². The summed E-state index contributed by atoms with van der Waals surface area (Å²) in [5.41, 5.74) is 0.548. The van der Waals surface area contributed by atoms with Crippen molar-refractivity contribution in [1.82, 2.24) is 15.3 Å². The highest BCUT2D eigenvalue weighted by Gasteiger charge is 2.21. The van der Waals surface area contributed by atoms with Gasteiger partial charge in [0.15, 0.2) is 11.4 Å². The smallest absolute Gasteiger partial charge is 0.354 e. The van der Waals surface area contributed by atoms with Crippen LogP contribution in [-0.2, 0) is 0 Å². The molecule has 0 aliphatic carbocycles. The molecule has 7 heteroatoms. The van der Waals surface area contributed by atoms with Crippen LogP contribution in [0.1, 0.15) is 39.5 Å². The Labute approximate surface area is 123 Å². The number of carbonyl (C=O) groups is 2. The number of hydrogen-bond acceptors (Lipinski definition) is 3. The van der Waals surface area contributed by atoms with Crippen LogP contribution in [-0.4, -0.2) is 27.0 Å². The number of imidazole rings is 1. The Kier molecular flexibility index (Phi) is 4.19. The second kappa shape index (κ2) is 5.87. The standard InChI is InChI=1S/C13H12BrN3O3/c1-7(8-4-2-3-5-9(8)14)17-12(18)10-11(13(19)20)16-6-15-10/h2-7H,1H3,(H,15,16)(H,17,18)(H,19,20). The molecule has 2 rings (SSSR count). The Bertz CT molecular complexity index is 654. The van der Waals surface area contributed by atoms with Crippen LogP contribution in [0.5, 0.6) is 0 Å². The highest BCUT2D eigenvalue weighted by molar-refractivity contribution is 9.10.